The summed E-state index contributed by atoms with van der Waals surface area (Å²) in [4.78, 5) is 0. The Hall–Kier alpha value is -0.860. The summed E-state index contributed by atoms with van der Waals surface area (Å²) in [5, 5.41) is 0. The largest absolute Gasteiger partial charge is 0.271 e. The highest BCUT2D eigenvalue weighted by molar-refractivity contribution is 5.39. The van der Waals surface area contributed by atoms with Crippen LogP contribution in [0.1, 0.15) is 55.6 Å². The van der Waals surface area contributed by atoms with E-state index < -0.39 is 0 Å². The van der Waals surface area contributed by atoms with Gasteiger partial charge in [-0.3, -0.25) is 11.3 Å². The Balaban J connectivity index is 1.55. The monoisotopic (exact) mass is 244 g/mol. The van der Waals surface area contributed by atoms with E-state index in [0.29, 0.717) is 6.04 Å². The van der Waals surface area contributed by atoms with E-state index in [1.54, 1.807) is 11.1 Å². The van der Waals surface area contributed by atoms with Crippen LogP contribution in [0.3, 0.4) is 0 Å². The molecule has 2 aliphatic carbocycles. The van der Waals surface area contributed by atoms with E-state index in [-0.39, 0.29) is 0 Å². The van der Waals surface area contributed by atoms with Crippen LogP contribution in [0, 0.1) is 5.92 Å². The minimum absolute atomic E-state index is 0.506. The van der Waals surface area contributed by atoms with Gasteiger partial charge in [-0.2, -0.15) is 0 Å². The van der Waals surface area contributed by atoms with E-state index in [1.165, 1.54) is 44.9 Å². The highest BCUT2D eigenvalue weighted by Crippen LogP contribution is 2.39. The normalized spacial score (nSPS) is 24.6. The van der Waals surface area contributed by atoms with E-state index >= 15 is 0 Å². The molecule has 0 spiro atoms. The molecule has 0 aromatic heterocycles. The minimum atomic E-state index is 0.506. The standard InChI is InChI=1S/C16H24N2/c17-18-15(9-12-5-1-2-6-12)11-14-10-13-7-3-4-8-16(13)14/h3-4,7-8,12,14-15,18H,1-2,5-6,9-11,17H2. The van der Waals surface area contributed by atoms with Crippen LogP contribution >= 0.6 is 0 Å². The Labute approximate surface area is 110 Å². The molecule has 2 unspecified atom stereocenters. The van der Waals surface area contributed by atoms with Crippen molar-refractivity contribution in [3.8, 4) is 0 Å². The first-order valence-corrected chi connectivity index (χ1v) is 7.40. The molecule has 1 aromatic carbocycles. The van der Waals surface area contributed by atoms with Crippen LogP contribution in [-0.2, 0) is 6.42 Å². The average Bonchev–Trinajstić information content (AvgIpc) is 2.87. The average molecular weight is 244 g/mol. The summed E-state index contributed by atoms with van der Waals surface area (Å²) in [6, 6.07) is 9.35. The molecule has 2 aliphatic rings. The van der Waals surface area contributed by atoms with Gasteiger partial charge in [0.2, 0.25) is 0 Å². The molecule has 18 heavy (non-hydrogen) atoms. The molecule has 3 rings (SSSR count). The highest BCUT2D eigenvalue weighted by atomic mass is 15.2. The molecule has 1 saturated carbocycles. The van der Waals surface area contributed by atoms with Gasteiger partial charge in [0.15, 0.2) is 0 Å². The van der Waals surface area contributed by atoms with Crippen LogP contribution < -0.4 is 11.3 Å². The maximum absolute atomic E-state index is 5.75. The second-order valence-electron chi connectivity index (χ2n) is 6.09. The van der Waals surface area contributed by atoms with Gasteiger partial charge in [0.1, 0.15) is 0 Å². The van der Waals surface area contributed by atoms with Crippen molar-refractivity contribution in [3.05, 3.63) is 35.4 Å². The first kappa shape index (κ1) is 12.2. The maximum Gasteiger partial charge on any atom is 0.0219 e. The summed E-state index contributed by atoms with van der Waals surface area (Å²) in [7, 11) is 0. The molecule has 2 heteroatoms. The number of hydrazine groups is 1. The van der Waals surface area contributed by atoms with Crippen LogP contribution in [0.15, 0.2) is 24.3 Å². The van der Waals surface area contributed by atoms with Gasteiger partial charge in [-0.15, -0.1) is 0 Å². The van der Waals surface area contributed by atoms with Crippen LogP contribution in [0.5, 0.6) is 0 Å². The molecule has 1 aromatic rings. The lowest BCUT2D eigenvalue weighted by Crippen LogP contribution is -2.39. The van der Waals surface area contributed by atoms with Gasteiger partial charge in [0, 0.05) is 6.04 Å². The number of nitrogens with two attached hydrogens (primary N) is 1. The minimum Gasteiger partial charge on any atom is -0.271 e. The van der Waals surface area contributed by atoms with E-state index in [4.69, 9.17) is 5.84 Å². The van der Waals surface area contributed by atoms with Crippen molar-refractivity contribution in [2.75, 3.05) is 0 Å². The lowest BCUT2D eigenvalue weighted by molar-refractivity contribution is 0.345. The smallest absolute Gasteiger partial charge is 0.0219 e. The fourth-order valence-electron chi connectivity index (χ4n) is 3.80. The van der Waals surface area contributed by atoms with Crippen LogP contribution in [-0.4, -0.2) is 6.04 Å². The molecule has 2 atom stereocenters. The van der Waals surface area contributed by atoms with E-state index in [2.05, 4.69) is 29.7 Å². The Morgan fingerprint density at radius 1 is 1.17 bits per heavy atom. The molecule has 98 valence electrons. The number of rotatable bonds is 5. The number of nitrogens with one attached hydrogen (secondary N) is 1. The van der Waals surface area contributed by atoms with E-state index in [1.807, 2.05) is 0 Å². The summed E-state index contributed by atoms with van der Waals surface area (Å²) in [6.07, 6.45) is 9.42. The molecular formula is C16H24N2. The van der Waals surface area contributed by atoms with Crippen LogP contribution in [0.2, 0.25) is 0 Å². The first-order valence-electron chi connectivity index (χ1n) is 7.40. The quantitative estimate of drug-likeness (QED) is 0.617. The Morgan fingerprint density at radius 2 is 1.94 bits per heavy atom. The predicted molar refractivity (Wildman–Crippen MR) is 75.2 cm³/mol. The molecule has 0 amide bonds. The van der Waals surface area contributed by atoms with Gasteiger partial charge >= 0.3 is 0 Å². The first-order chi connectivity index (χ1) is 8.86. The summed E-state index contributed by atoms with van der Waals surface area (Å²) in [5.41, 5.74) is 6.16. The molecule has 2 nitrogen and oxygen atoms in total. The van der Waals surface area contributed by atoms with Gasteiger partial charge in [-0.05, 0) is 42.2 Å². The van der Waals surface area contributed by atoms with Crippen molar-refractivity contribution >= 4 is 0 Å². The SMILES string of the molecule is NNC(CC1CCCC1)CC1Cc2ccccc21. The zero-order chi connectivity index (χ0) is 12.4. The van der Waals surface area contributed by atoms with Gasteiger partial charge in [-0.1, -0.05) is 49.9 Å². The lowest BCUT2D eigenvalue weighted by atomic mass is 9.73. The van der Waals surface area contributed by atoms with Crippen molar-refractivity contribution in [3.63, 3.8) is 0 Å². The van der Waals surface area contributed by atoms with Gasteiger partial charge in [-0.25, -0.2) is 0 Å². The lowest BCUT2D eigenvalue weighted by Gasteiger charge is -2.33. The topological polar surface area (TPSA) is 38.0 Å². The fourth-order valence-corrected chi connectivity index (χ4v) is 3.80. The predicted octanol–water partition coefficient (Wildman–Crippen LogP) is 3.13. The number of hydrogen-bond acceptors (Lipinski definition) is 2. The second kappa shape index (κ2) is 5.41. The molecule has 0 aliphatic heterocycles. The summed E-state index contributed by atoms with van der Waals surface area (Å²) < 4.78 is 0. The molecule has 0 saturated heterocycles. The Bertz CT molecular complexity index is 396. The Morgan fingerprint density at radius 3 is 2.67 bits per heavy atom. The number of hydrogen-bond donors (Lipinski definition) is 2. The molecular weight excluding hydrogens is 220 g/mol. The van der Waals surface area contributed by atoms with Crippen LogP contribution in [0.4, 0.5) is 0 Å². The fraction of sp³-hybridized carbons (Fsp3) is 0.625. The molecule has 0 radical (unpaired) electrons. The third-order valence-electron chi connectivity index (χ3n) is 4.86. The molecule has 0 heterocycles. The molecule has 1 fully saturated rings. The zero-order valence-corrected chi connectivity index (χ0v) is 11.1. The third-order valence-corrected chi connectivity index (χ3v) is 4.86. The second-order valence-corrected chi connectivity index (χ2v) is 6.09. The summed E-state index contributed by atoms with van der Waals surface area (Å²) in [6.45, 7) is 0. The third kappa shape index (κ3) is 2.45. The van der Waals surface area contributed by atoms with Crippen molar-refractivity contribution in [2.45, 2.75) is 56.9 Å². The van der Waals surface area contributed by atoms with Gasteiger partial charge in [0.05, 0.1) is 0 Å². The maximum atomic E-state index is 5.75. The summed E-state index contributed by atoms with van der Waals surface area (Å²) >= 11 is 0. The van der Waals surface area contributed by atoms with Crippen molar-refractivity contribution in [1.82, 2.24) is 5.43 Å². The number of benzene rings is 1. The van der Waals surface area contributed by atoms with E-state index in [9.17, 15) is 0 Å². The highest BCUT2D eigenvalue weighted by Gasteiger charge is 2.29. The number of fused-ring (bicyclic) bond motifs is 1. The van der Waals surface area contributed by atoms with Crippen molar-refractivity contribution in [1.29, 1.82) is 0 Å². The van der Waals surface area contributed by atoms with Crippen molar-refractivity contribution < 1.29 is 0 Å². The molecule has 3 N–H and O–H groups in total. The van der Waals surface area contributed by atoms with Gasteiger partial charge < -0.3 is 0 Å². The zero-order valence-electron chi connectivity index (χ0n) is 11.1. The Kier molecular flexibility index (Phi) is 3.67. The van der Waals surface area contributed by atoms with Crippen LogP contribution in [0.25, 0.3) is 0 Å². The molecule has 0 bridgehead atoms. The van der Waals surface area contributed by atoms with E-state index in [0.717, 1.165) is 11.8 Å². The summed E-state index contributed by atoms with van der Waals surface area (Å²) in [5.74, 6) is 7.41. The van der Waals surface area contributed by atoms with Gasteiger partial charge in [0.25, 0.3) is 0 Å². The van der Waals surface area contributed by atoms with Crippen molar-refractivity contribution in [2.24, 2.45) is 11.8 Å².